The molecule has 0 aromatic heterocycles. The Bertz CT molecular complexity index is 161. The van der Waals surface area contributed by atoms with Crippen LogP contribution in [-0.4, -0.2) is 48.0 Å². The van der Waals surface area contributed by atoms with Crippen LogP contribution in [0.15, 0.2) is 0 Å². The van der Waals surface area contributed by atoms with E-state index >= 15 is 0 Å². The maximum absolute atomic E-state index is 9.57. The Kier molecular flexibility index (Phi) is 4.85. The summed E-state index contributed by atoms with van der Waals surface area (Å²) in [7, 11) is 0. The number of aliphatic hydroxyl groups excluding tert-OH is 1. The number of aliphatic hydroxyl groups is 1. The van der Waals surface area contributed by atoms with Crippen molar-refractivity contribution in [3.8, 4) is 0 Å². The molecule has 0 radical (unpaired) electrons. The van der Waals surface area contributed by atoms with Crippen molar-refractivity contribution in [2.24, 2.45) is 0 Å². The van der Waals surface area contributed by atoms with Crippen LogP contribution >= 0.6 is 0 Å². The van der Waals surface area contributed by atoms with Crippen LogP contribution in [0.5, 0.6) is 0 Å². The standard InChI is InChI=1S/C11H23NO2/c1-4-10(13)7-12-6-9(3)14-11(5-2)8-12/h9-11,13H,4-8H2,1-3H3. The maximum Gasteiger partial charge on any atom is 0.0703 e. The molecule has 0 spiro atoms. The van der Waals surface area contributed by atoms with Gasteiger partial charge in [-0.25, -0.2) is 0 Å². The third kappa shape index (κ3) is 3.56. The fourth-order valence-electron chi connectivity index (χ4n) is 1.94. The van der Waals surface area contributed by atoms with E-state index in [1.807, 2.05) is 6.92 Å². The van der Waals surface area contributed by atoms with E-state index in [-0.39, 0.29) is 6.10 Å². The molecule has 0 saturated carbocycles. The zero-order chi connectivity index (χ0) is 10.6. The molecule has 1 heterocycles. The molecular weight excluding hydrogens is 178 g/mol. The Labute approximate surface area is 87.1 Å². The predicted octanol–water partition coefficient (Wildman–Crippen LogP) is 1.26. The second-order valence-electron chi connectivity index (χ2n) is 4.26. The molecule has 0 amide bonds. The number of rotatable bonds is 4. The minimum Gasteiger partial charge on any atom is -0.392 e. The average Bonchev–Trinajstić information content (AvgIpc) is 2.16. The summed E-state index contributed by atoms with van der Waals surface area (Å²) in [5.41, 5.74) is 0. The molecule has 0 bridgehead atoms. The first-order valence-electron chi connectivity index (χ1n) is 5.71. The third-order valence-electron chi connectivity index (χ3n) is 2.80. The molecule has 1 saturated heterocycles. The highest BCUT2D eigenvalue weighted by Gasteiger charge is 2.24. The first kappa shape index (κ1) is 12.0. The van der Waals surface area contributed by atoms with Crippen molar-refractivity contribution >= 4 is 0 Å². The first-order valence-corrected chi connectivity index (χ1v) is 5.71. The van der Waals surface area contributed by atoms with Gasteiger partial charge in [0.2, 0.25) is 0 Å². The summed E-state index contributed by atoms with van der Waals surface area (Å²) < 4.78 is 5.76. The SMILES string of the molecule is CCC(O)CN1CC(C)OC(CC)C1. The van der Waals surface area contributed by atoms with Gasteiger partial charge in [0.05, 0.1) is 18.3 Å². The number of nitrogens with zero attached hydrogens (tertiary/aromatic N) is 1. The Morgan fingerprint density at radius 1 is 1.43 bits per heavy atom. The molecule has 3 unspecified atom stereocenters. The normalized spacial score (nSPS) is 31.7. The van der Waals surface area contributed by atoms with Crippen LogP contribution in [0, 0.1) is 0 Å². The van der Waals surface area contributed by atoms with E-state index in [1.54, 1.807) is 0 Å². The second-order valence-corrected chi connectivity index (χ2v) is 4.26. The van der Waals surface area contributed by atoms with Gasteiger partial charge in [0.15, 0.2) is 0 Å². The molecule has 1 fully saturated rings. The Hall–Kier alpha value is -0.120. The lowest BCUT2D eigenvalue weighted by Gasteiger charge is -2.37. The molecule has 1 rings (SSSR count). The van der Waals surface area contributed by atoms with Crippen LogP contribution in [0.4, 0.5) is 0 Å². The van der Waals surface area contributed by atoms with Gasteiger partial charge in [0.1, 0.15) is 0 Å². The summed E-state index contributed by atoms with van der Waals surface area (Å²) in [5, 5.41) is 9.57. The topological polar surface area (TPSA) is 32.7 Å². The third-order valence-corrected chi connectivity index (χ3v) is 2.80. The van der Waals surface area contributed by atoms with E-state index in [9.17, 15) is 5.11 Å². The highest BCUT2D eigenvalue weighted by molar-refractivity contribution is 4.76. The quantitative estimate of drug-likeness (QED) is 0.743. The number of ether oxygens (including phenoxy) is 1. The lowest BCUT2D eigenvalue weighted by Crippen LogP contribution is -2.48. The molecule has 84 valence electrons. The minimum absolute atomic E-state index is 0.183. The van der Waals surface area contributed by atoms with E-state index < -0.39 is 0 Å². The van der Waals surface area contributed by atoms with Crippen LogP contribution in [0.25, 0.3) is 0 Å². The molecule has 0 aliphatic carbocycles. The summed E-state index contributed by atoms with van der Waals surface area (Å²) in [6.45, 7) is 8.99. The summed E-state index contributed by atoms with van der Waals surface area (Å²) in [5.74, 6) is 0. The fraction of sp³-hybridized carbons (Fsp3) is 1.00. The highest BCUT2D eigenvalue weighted by atomic mass is 16.5. The van der Waals surface area contributed by atoms with E-state index in [1.165, 1.54) is 0 Å². The van der Waals surface area contributed by atoms with Crippen LogP contribution in [0.1, 0.15) is 33.6 Å². The fourth-order valence-corrected chi connectivity index (χ4v) is 1.94. The van der Waals surface area contributed by atoms with Gasteiger partial charge >= 0.3 is 0 Å². The molecule has 1 aliphatic rings. The van der Waals surface area contributed by atoms with Crippen LogP contribution in [-0.2, 0) is 4.74 Å². The van der Waals surface area contributed by atoms with Crippen molar-refractivity contribution in [2.45, 2.75) is 51.9 Å². The number of hydrogen-bond acceptors (Lipinski definition) is 3. The second kappa shape index (κ2) is 5.69. The van der Waals surface area contributed by atoms with Crippen molar-refractivity contribution < 1.29 is 9.84 Å². The molecule has 0 aromatic rings. The van der Waals surface area contributed by atoms with Gasteiger partial charge in [0.25, 0.3) is 0 Å². The minimum atomic E-state index is -0.183. The van der Waals surface area contributed by atoms with Gasteiger partial charge in [0, 0.05) is 19.6 Å². The van der Waals surface area contributed by atoms with Crippen molar-refractivity contribution in [1.82, 2.24) is 4.90 Å². The lowest BCUT2D eigenvalue weighted by molar-refractivity contribution is -0.0854. The van der Waals surface area contributed by atoms with E-state index in [4.69, 9.17) is 4.74 Å². The van der Waals surface area contributed by atoms with E-state index in [2.05, 4.69) is 18.7 Å². The molecule has 0 aromatic carbocycles. The van der Waals surface area contributed by atoms with Crippen molar-refractivity contribution in [3.63, 3.8) is 0 Å². The number of hydrogen-bond donors (Lipinski definition) is 1. The Balaban J connectivity index is 2.37. The van der Waals surface area contributed by atoms with Gasteiger partial charge in [-0.3, -0.25) is 4.90 Å². The Morgan fingerprint density at radius 3 is 2.71 bits per heavy atom. The molecule has 3 atom stereocenters. The highest BCUT2D eigenvalue weighted by Crippen LogP contribution is 2.14. The molecule has 3 heteroatoms. The first-order chi connectivity index (χ1) is 6.65. The zero-order valence-electron chi connectivity index (χ0n) is 9.57. The van der Waals surface area contributed by atoms with Crippen molar-refractivity contribution in [2.75, 3.05) is 19.6 Å². The largest absolute Gasteiger partial charge is 0.392 e. The van der Waals surface area contributed by atoms with Crippen LogP contribution < -0.4 is 0 Å². The van der Waals surface area contributed by atoms with Gasteiger partial charge in [-0.2, -0.15) is 0 Å². The number of morpholine rings is 1. The van der Waals surface area contributed by atoms with E-state index in [0.717, 1.165) is 32.5 Å². The van der Waals surface area contributed by atoms with Crippen LogP contribution in [0.2, 0.25) is 0 Å². The lowest BCUT2D eigenvalue weighted by atomic mass is 10.1. The summed E-state index contributed by atoms with van der Waals surface area (Å²) in [4.78, 5) is 2.32. The van der Waals surface area contributed by atoms with Gasteiger partial charge in [-0.15, -0.1) is 0 Å². The Morgan fingerprint density at radius 2 is 2.14 bits per heavy atom. The van der Waals surface area contributed by atoms with Gasteiger partial charge in [-0.05, 0) is 19.8 Å². The van der Waals surface area contributed by atoms with Gasteiger partial charge in [-0.1, -0.05) is 13.8 Å². The number of β-amino-alcohol motifs (C(OH)–C–C–N with tert-alkyl or cyclic N) is 1. The molecule has 1 aliphatic heterocycles. The molecule has 14 heavy (non-hydrogen) atoms. The summed E-state index contributed by atoms with van der Waals surface area (Å²) in [6.07, 6.45) is 2.37. The summed E-state index contributed by atoms with van der Waals surface area (Å²) >= 11 is 0. The molecule has 3 nitrogen and oxygen atoms in total. The van der Waals surface area contributed by atoms with Crippen molar-refractivity contribution in [1.29, 1.82) is 0 Å². The molecule has 1 N–H and O–H groups in total. The van der Waals surface area contributed by atoms with Crippen molar-refractivity contribution in [3.05, 3.63) is 0 Å². The van der Waals surface area contributed by atoms with E-state index in [0.29, 0.717) is 12.2 Å². The van der Waals surface area contributed by atoms with Gasteiger partial charge < -0.3 is 9.84 Å². The summed E-state index contributed by atoms with van der Waals surface area (Å²) in [6, 6.07) is 0. The smallest absolute Gasteiger partial charge is 0.0703 e. The molecular formula is C11H23NO2. The monoisotopic (exact) mass is 201 g/mol. The average molecular weight is 201 g/mol. The van der Waals surface area contributed by atoms with Crippen LogP contribution in [0.3, 0.4) is 0 Å². The predicted molar refractivity (Wildman–Crippen MR) is 57.4 cm³/mol. The maximum atomic E-state index is 9.57. The zero-order valence-corrected chi connectivity index (χ0v) is 9.57.